The number of urea groups is 1. The SMILES string of the molecule is CCc1c(B2OC(C)(C)C(C)(C)O2)ccnc1N1CCN(c2cccnc2)C1=O. The van der Waals surface area contributed by atoms with Crippen LogP contribution < -0.4 is 15.3 Å². The zero-order chi connectivity index (χ0) is 20.8. The van der Waals surface area contributed by atoms with Gasteiger partial charge in [-0.2, -0.15) is 0 Å². The summed E-state index contributed by atoms with van der Waals surface area (Å²) >= 11 is 0. The molecular weight excluding hydrogens is 367 g/mol. The Hall–Kier alpha value is -2.45. The molecule has 2 aromatic rings. The van der Waals surface area contributed by atoms with Gasteiger partial charge in [-0.1, -0.05) is 6.92 Å². The van der Waals surface area contributed by atoms with Crippen LogP contribution in [0.1, 0.15) is 40.2 Å². The molecule has 2 saturated heterocycles. The van der Waals surface area contributed by atoms with Gasteiger partial charge in [0.15, 0.2) is 0 Å². The van der Waals surface area contributed by atoms with E-state index in [9.17, 15) is 4.79 Å². The quantitative estimate of drug-likeness (QED) is 0.746. The second kappa shape index (κ2) is 7.11. The van der Waals surface area contributed by atoms with E-state index in [4.69, 9.17) is 9.31 Å². The van der Waals surface area contributed by atoms with E-state index in [0.717, 1.165) is 23.1 Å². The molecule has 2 aliphatic rings. The molecule has 0 aromatic carbocycles. The van der Waals surface area contributed by atoms with E-state index in [1.165, 1.54) is 0 Å². The first-order valence-corrected chi connectivity index (χ1v) is 10.1. The molecule has 8 heteroatoms. The number of hydrogen-bond donors (Lipinski definition) is 0. The molecule has 4 heterocycles. The van der Waals surface area contributed by atoms with Gasteiger partial charge in [-0.3, -0.25) is 14.8 Å². The highest BCUT2D eigenvalue weighted by molar-refractivity contribution is 6.62. The van der Waals surface area contributed by atoms with Crippen LogP contribution in [0.5, 0.6) is 0 Å². The Balaban J connectivity index is 1.66. The van der Waals surface area contributed by atoms with Crippen molar-refractivity contribution in [2.45, 2.75) is 52.2 Å². The topological polar surface area (TPSA) is 67.8 Å². The van der Waals surface area contributed by atoms with Crippen molar-refractivity contribution in [3.05, 3.63) is 42.4 Å². The molecule has 152 valence electrons. The van der Waals surface area contributed by atoms with Crippen molar-refractivity contribution in [1.29, 1.82) is 0 Å². The van der Waals surface area contributed by atoms with Crippen LogP contribution in [-0.4, -0.2) is 47.4 Å². The Labute approximate surface area is 172 Å². The van der Waals surface area contributed by atoms with Gasteiger partial charge in [-0.05, 0) is 63.3 Å². The van der Waals surface area contributed by atoms with E-state index in [0.29, 0.717) is 18.9 Å². The van der Waals surface area contributed by atoms with Crippen molar-refractivity contribution in [1.82, 2.24) is 9.97 Å². The number of pyridine rings is 2. The molecule has 2 amide bonds. The molecule has 0 unspecified atom stereocenters. The lowest BCUT2D eigenvalue weighted by Gasteiger charge is -2.32. The lowest BCUT2D eigenvalue weighted by molar-refractivity contribution is 0.00578. The van der Waals surface area contributed by atoms with Gasteiger partial charge in [-0.15, -0.1) is 0 Å². The molecule has 0 saturated carbocycles. The molecular formula is C21H27BN4O3. The molecule has 0 atom stereocenters. The van der Waals surface area contributed by atoms with Crippen LogP contribution in [0.4, 0.5) is 16.3 Å². The summed E-state index contributed by atoms with van der Waals surface area (Å²) in [5.74, 6) is 0.677. The van der Waals surface area contributed by atoms with Crippen molar-refractivity contribution in [3.63, 3.8) is 0 Å². The van der Waals surface area contributed by atoms with E-state index >= 15 is 0 Å². The number of carbonyl (C=O) groups is 1. The Kier molecular flexibility index (Phi) is 4.87. The maximum absolute atomic E-state index is 13.1. The molecule has 7 nitrogen and oxygen atoms in total. The van der Waals surface area contributed by atoms with E-state index in [1.54, 1.807) is 28.4 Å². The number of aromatic nitrogens is 2. The minimum atomic E-state index is -0.483. The molecule has 0 radical (unpaired) electrons. The standard InChI is InChI=1S/C21H27BN4O3/c1-6-16-17(22-28-20(2,3)21(4,5)29-22)9-11-24-18(16)26-13-12-25(19(26)27)15-8-7-10-23-14-15/h7-11,14H,6,12-13H2,1-5H3. The molecule has 29 heavy (non-hydrogen) atoms. The average molecular weight is 394 g/mol. The number of nitrogens with zero attached hydrogens (tertiary/aromatic N) is 4. The zero-order valence-corrected chi connectivity index (χ0v) is 17.7. The van der Waals surface area contributed by atoms with Crippen molar-refractivity contribution in [3.8, 4) is 0 Å². The van der Waals surface area contributed by atoms with Crippen LogP contribution in [0, 0.1) is 0 Å². The number of rotatable bonds is 4. The molecule has 0 aliphatic carbocycles. The van der Waals surface area contributed by atoms with Gasteiger partial charge in [0.05, 0.1) is 23.1 Å². The van der Waals surface area contributed by atoms with Crippen molar-refractivity contribution < 1.29 is 14.1 Å². The van der Waals surface area contributed by atoms with Crippen LogP contribution in [0.15, 0.2) is 36.8 Å². The second-order valence-electron chi connectivity index (χ2n) is 8.44. The Morgan fingerprint density at radius 3 is 2.38 bits per heavy atom. The highest BCUT2D eigenvalue weighted by Crippen LogP contribution is 2.37. The average Bonchev–Trinajstić information content (AvgIpc) is 3.17. The highest BCUT2D eigenvalue weighted by atomic mass is 16.7. The predicted molar refractivity (Wildman–Crippen MR) is 114 cm³/mol. The van der Waals surface area contributed by atoms with Crippen LogP contribution in [0.25, 0.3) is 0 Å². The van der Waals surface area contributed by atoms with E-state index in [1.807, 2.05) is 45.9 Å². The first-order valence-electron chi connectivity index (χ1n) is 10.1. The minimum Gasteiger partial charge on any atom is -0.399 e. The Morgan fingerprint density at radius 2 is 1.76 bits per heavy atom. The zero-order valence-electron chi connectivity index (χ0n) is 17.7. The molecule has 0 spiro atoms. The van der Waals surface area contributed by atoms with E-state index < -0.39 is 18.3 Å². The van der Waals surface area contributed by atoms with Gasteiger partial charge >= 0.3 is 13.1 Å². The van der Waals surface area contributed by atoms with Gasteiger partial charge in [0.25, 0.3) is 0 Å². The lowest BCUT2D eigenvalue weighted by atomic mass is 9.75. The summed E-state index contributed by atoms with van der Waals surface area (Å²) in [6.45, 7) is 11.4. The molecule has 2 aliphatic heterocycles. The van der Waals surface area contributed by atoms with Crippen LogP contribution >= 0.6 is 0 Å². The van der Waals surface area contributed by atoms with E-state index in [-0.39, 0.29) is 6.03 Å². The van der Waals surface area contributed by atoms with Gasteiger partial charge in [0, 0.05) is 25.5 Å². The number of hydrogen-bond acceptors (Lipinski definition) is 5. The summed E-state index contributed by atoms with van der Waals surface area (Å²) < 4.78 is 12.5. The monoisotopic (exact) mass is 394 g/mol. The van der Waals surface area contributed by atoms with Crippen LogP contribution in [-0.2, 0) is 15.7 Å². The van der Waals surface area contributed by atoms with Crippen LogP contribution in [0.2, 0.25) is 0 Å². The van der Waals surface area contributed by atoms with Crippen molar-refractivity contribution in [2.75, 3.05) is 22.9 Å². The Morgan fingerprint density at radius 1 is 1.07 bits per heavy atom. The Bertz CT molecular complexity index is 903. The fourth-order valence-corrected chi connectivity index (χ4v) is 3.77. The van der Waals surface area contributed by atoms with Gasteiger partial charge < -0.3 is 9.31 Å². The van der Waals surface area contributed by atoms with Gasteiger partial charge in [0.2, 0.25) is 0 Å². The first kappa shape index (κ1) is 19.9. The highest BCUT2D eigenvalue weighted by Gasteiger charge is 2.52. The van der Waals surface area contributed by atoms with E-state index in [2.05, 4.69) is 16.9 Å². The molecule has 2 aromatic heterocycles. The largest absolute Gasteiger partial charge is 0.495 e. The third-order valence-electron chi connectivity index (χ3n) is 6.15. The van der Waals surface area contributed by atoms with Crippen molar-refractivity contribution >= 4 is 30.1 Å². The molecule has 2 fully saturated rings. The lowest BCUT2D eigenvalue weighted by Crippen LogP contribution is -2.41. The smallest absolute Gasteiger partial charge is 0.399 e. The second-order valence-corrected chi connectivity index (χ2v) is 8.44. The summed E-state index contributed by atoms with van der Waals surface area (Å²) in [7, 11) is -0.483. The summed E-state index contributed by atoms with van der Waals surface area (Å²) in [5.41, 5.74) is 1.86. The first-order chi connectivity index (χ1) is 13.7. The van der Waals surface area contributed by atoms with Gasteiger partial charge in [0.1, 0.15) is 5.82 Å². The maximum Gasteiger partial charge on any atom is 0.495 e. The summed E-state index contributed by atoms with van der Waals surface area (Å²) in [6, 6.07) is 5.57. The third kappa shape index (κ3) is 3.30. The van der Waals surface area contributed by atoms with Crippen molar-refractivity contribution in [2.24, 2.45) is 0 Å². The molecule has 0 bridgehead atoms. The number of carbonyl (C=O) groups excluding carboxylic acids is 1. The number of anilines is 2. The van der Waals surface area contributed by atoms with Crippen LogP contribution in [0.3, 0.4) is 0 Å². The maximum atomic E-state index is 13.1. The fraction of sp³-hybridized carbons (Fsp3) is 0.476. The summed E-state index contributed by atoms with van der Waals surface area (Å²) in [6.07, 6.45) is 5.86. The summed E-state index contributed by atoms with van der Waals surface area (Å²) in [5, 5.41) is 0. The summed E-state index contributed by atoms with van der Waals surface area (Å²) in [4.78, 5) is 25.3. The fourth-order valence-electron chi connectivity index (χ4n) is 3.77. The van der Waals surface area contributed by atoms with Gasteiger partial charge in [-0.25, -0.2) is 9.78 Å². The predicted octanol–water partition coefficient (Wildman–Crippen LogP) is 2.78. The number of amides is 2. The normalized spacial score (nSPS) is 20.6. The third-order valence-corrected chi connectivity index (χ3v) is 6.15. The minimum absolute atomic E-state index is 0.0914. The molecule has 0 N–H and O–H groups in total. The molecule has 4 rings (SSSR count).